The Labute approximate surface area is 138 Å². The van der Waals surface area contributed by atoms with Crippen molar-refractivity contribution in [3.63, 3.8) is 0 Å². The fraction of sp³-hybridized carbons (Fsp3) is 0.562. The Kier molecular flexibility index (Phi) is 6.30. The summed E-state index contributed by atoms with van der Waals surface area (Å²) >= 11 is 0. The number of rotatable bonds is 5. The van der Waals surface area contributed by atoms with Crippen LogP contribution in [0.2, 0.25) is 0 Å². The summed E-state index contributed by atoms with van der Waals surface area (Å²) in [6.45, 7) is 3.47. The van der Waals surface area contributed by atoms with Crippen LogP contribution in [0.25, 0.3) is 0 Å². The molecule has 1 saturated heterocycles. The molecule has 0 spiro atoms. The summed E-state index contributed by atoms with van der Waals surface area (Å²) in [7, 11) is 0. The molecule has 0 unspecified atom stereocenters. The molecule has 134 valence electrons. The number of hydrogen-bond acceptors (Lipinski definition) is 3. The molecule has 0 saturated carbocycles. The van der Waals surface area contributed by atoms with Gasteiger partial charge in [0.2, 0.25) is 0 Å². The molecule has 2 amide bonds. The lowest BCUT2D eigenvalue weighted by atomic mass is 10.0. The molecule has 5 nitrogen and oxygen atoms in total. The van der Waals surface area contributed by atoms with Crippen LogP contribution < -0.4 is 15.4 Å². The first-order chi connectivity index (χ1) is 11.4. The molecule has 1 aromatic rings. The number of ether oxygens (including phenoxy) is 2. The molecular formula is C16H21F3N2O3. The number of hydrogen-bond donors (Lipinski definition) is 2. The smallest absolute Gasteiger partial charge is 0.420 e. The van der Waals surface area contributed by atoms with Crippen LogP contribution in [0.3, 0.4) is 0 Å². The zero-order valence-electron chi connectivity index (χ0n) is 13.4. The van der Waals surface area contributed by atoms with E-state index in [1.54, 1.807) is 6.92 Å². The van der Waals surface area contributed by atoms with E-state index < -0.39 is 17.8 Å². The summed E-state index contributed by atoms with van der Waals surface area (Å²) in [6, 6.07) is 2.91. The van der Waals surface area contributed by atoms with Crippen LogP contribution in [0.15, 0.2) is 18.2 Å². The maximum absolute atomic E-state index is 13.1. The second kappa shape index (κ2) is 8.23. The molecule has 0 aliphatic carbocycles. The Balaban J connectivity index is 1.97. The SMILES string of the molecule is CCOc1ccc(NC(=O)NC[C@H]2CCCOC2)cc1C(F)(F)F. The number of alkyl halides is 3. The second-order valence-electron chi connectivity index (χ2n) is 5.56. The van der Waals surface area contributed by atoms with E-state index in [2.05, 4.69) is 10.6 Å². The number of benzene rings is 1. The third-order valence-corrected chi connectivity index (χ3v) is 3.65. The maximum atomic E-state index is 13.1. The van der Waals surface area contributed by atoms with Crippen molar-refractivity contribution in [2.45, 2.75) is 25.9 Å². The highest BCUT2D eigenvalue weighted by molar-refractivity contribution is 5.89. The van der Waals surface area contributed by atoms with E-state index in [1.807, 2.05) is 0 Å². The number of carbonyl (C=O) groups is 1. The molecule has 1 aliphatic heterocycles. The number of halogens is 3. The van der Waals surface area contributed by atoms with Gasteiger partial charge in [-0.3, -0.25) is 0 Å². The van der Waals surface area contributed by atoms with Gasteiger partial charge in [0, 0.05) is 18.8 Å². The molecule has 1 fully saturated rings. The van der Waals surface area contributed by atoms with Crippen molar-refractivity contribution in [1.29, 1.82) is 0 Å². The molecule has 1 aliphatic rings. The van der Waals surface area contributed by atoms with Gasteiger partial charge in [-0.1, -0.05) is 0 Å². The Hall–Kier alpha value is -1.96. The van der Waals surface area contributed by atoms with Crippen molar-refractivity contribution in [2.24, 2.45) is 5.92 Å². The van der Waals surface area contributed by atoms with Gasteiger partial charge in [-0.15, -0.1) is 0 Å². The van der Waals surface area contributed by atoms with E-state index in [-0.39, 0.29) is 24.0 Å². The van der Waals surface area contributed by atoms with Crippen molar-refractivity contribution < 1.29 is 27.4 Å². The first-order valence-corrected chi connectivity index (χ1v) is 7.86. The van der Waals surface area contributed by atoms with Gasteiger partial charge in [0.1, 0.15) is 5.75 Å². The van der Waals surface area contributed by atoms with Crippen LogP contribution in [0, 0.1) is 5.92 Å². The summed E-state index contributed by atoms with van der Waals surface area (Å²) < 4.78 is 49.5. The Morgan fingerprint density at radius 3 is 2.83 bits per heavy atom. The van der Waals surface area contributed by atoms with Crippen LogP contribution >= 0.6 is 0 Å². The van der Waals surface area contributed by atoms with Gasteiger partial charge < -0.3 is 20.1 Å². The number of nitrogens with one attached hydrogen (secondary N) is 2. The van der Waals surface area contributed by atoms with E-state index in [0.29, 0.717) is 13.2 Å². The average molecular weight is 346 g/mol. The van der Waals surface area contributed by atoms with Crippen LogP contribution in [-0.2, 0) is 10.9 Å². The molecular weight excluding hydrogens is 325 g/mol. The van der Waals surface area contributed by atoms with E-state index in [1.165, 1.54) is 12.1 Å². The molecule has 24 heavy (non-hydrogen) atoms. The lowest BCUT2D eigenvalue weighted by Crippen LogP contribution is -2.35. The average Bonchev–Trinajstić information content (AvgIpc) is 2.54. The highest BCUT2D eigenvalue weighted by Crippen LogP contribution is 2.37. The normalized spacial score (nSPS) is 18.1. The highest BCUT2D eigenvalue weighted by atomic mass is 19.4. The summed E-state index contributed by atoms with van der Waals surface area (Å²) in [6.07, 6.45) is -2.65. The van der Waals surface area contributed by atoms with Gasteiger partial charge in [0.25, 0.3) is 0 Å². The molecule has 2 rings (SSSR count). The minimum atomic E-state index is -4.56. The topological polar surface area (TPSA) is 59.6 Å². The van der Waals surface area contributed by atoms with Crippen molar-refractivity contribution in [2.75, 3.05) is 31.7 Å². The monoisotopic (exact) mass is 346 g/mol. The van der Waals surface area contributed by atoms with Crippen LogP contribution in [-0.4, -0.2) is 32.4 Å². The summed E-state index contributed by atoms with van der Waals surface area (Å²) in [5.41, 5.74) is -0.856. The molecule has 2 N–H and O–H groups in total. The number of carbonyl (C=O) groups excluding carboxylic acids is 1. The van der Waals surface area contributed by atoms with Crippen LogP contribution in [0.4, 0.5) is 23.7 Å². The first-order valence-electron chi connectivity index (χ1n) is 7.86. The van der Waals surface area contributed by atoms with Crippen molar-refractivity contribution in [3.05, 3.63) is 23.8 Å². The van der Waals surface area contributed by atoms with Gasteiger partial charge in [0.05, 0.1) is 18.8 Å². The molecule has 1 atom stereocenters. The largest absolute Gasteiger partial charge is 0.493 e. The molecule has 1 aromatic carbocycles. The number of amides is 2. The standard InChI is InChI=1S/C16H21F3N2O3/c1-2-24-14-6-5-12(8-13(14)16(17,18)19)21-15(22)20-9-11-4-3-7-23-10-11/h5-6,8,11H,2-4,7,9-10H2,1H3,(H2,20,21,22)/t11-/m1/s1. The summed E-state index contributed by atoms with van der Waals surface area (Å²) in [5, 5.41) is 5.07. The van der Waals surface area contributed by atoms with Crippen molar-refractivity contribution in [3.8, 4) is 5.75 Å². The van der Waals surface area contributed by atoms with E-state index in [9.17, 15) is 18.0 Å². The Morgan fingerprint density at radius 1 is 1.42 bits per heavy atom. The van der Waals surface area contributed by atoms with Gasteiger partial charge >= 0.3 is 12.2 Å². The minimum Gasteiger partial charge on any atom is -0.493 e. The number of urea groups is 1. The molecule has 0 bridgehead atoms. The van der Waals surface area contributed by atoms with E-state index in [4.69, 9.17) is 9.47 Å². The Bertz CT molecular complexity index is 558. The molecule has 1 heterocycles. The Morgan fingerprint density at radius 2 is 2.21 bits per heavy atom. The van der Waals surface area contributed by atoms with E-state index >= 15 is 0 Å². The van der Waals surface area contributed by atoms with Crippen LogP contribution in [0.5, 0.6) is 5.75 Å². The first kappa shape index (κ1) is 18.4. The van der Waals surface area contributed by atoms with Gasteiger partial charge in [-0.25, -0.2) is 4.79 Å². The third-order valence-electron chi connectivity index (χ3n) is 3.65. The molecule has 0 aromatic heterocycles. The van der Waals surface area contributed by atoms with Crippen LogP contribution in [0.1, 0.15) is 25.3 Å². The second-order valence-corrected chi connectivity index (χ2v) is 5.56. The predicted molar refractivity (Wildman–Crippen MR) is 83.2 cm³/mol. The summed E-state index contributed by atoms with van der Waals surface area (Å²) in [5.74, 6) is -0.0223. The lowest BCUT2D eigenvalue weighted by Gasteiger charge is -2.22. The quantitative estimate of drug-likeness (QED) is 0.855. The fourth-order valence-corrected chi connectivity index (χ4v) is 2.49. The fourth-order valence-electron chi connectivity index (χ4n) is 2.49. The van der Waals surface area contributed by atoms with Gasteiger partial charge in [-0.2, -0.15) is 13.2 Å². The maximum Gasteiger partial charge on any atom is 0.420 e. The summed E-state index contributed by atoms with van der Waals surface area (Å²) in [4.78, 5) is 11.9. The van der Waals surface area contributed by atoms with Crippen molar-refractivity contribution in [1.82, 2.24) is 5.32 Å². The van der Waals surface area contributed by atoms with E-state index in [0.717, 1.165) is 25.5 Å². The molecule has 8 heteroatoms. The predicted octanol–water partition coefficient (Wildman–Crippen LogP) is 3.65. The minimum absolute atomic E-state index is 0.0585. The molecule has 0 radical (unpaired) electrons. The zero-order valence-corrected chi connectivity index (χ0v) is 13.4. The highest BCUT2D eigenvalue weighted by Gasteiger charge is 2.34. The zero-order chi connectivity index (χ0) is 17.6. The number of anilines is 1. The van der Waals surface area contributed by atoms with Gasteiger partial charge in [0.15, 0.2) is 0 Å². The third kappa shape index (κ3) is 5.30. The lowest BCUT2D eigenvalue weighted by molar-refractivity contribution is -0.138. The van der Waals surface area contributed by atoms with Crippen molar-refractivity contribution >= 4 is 11.7 Å². The van der Waals surface area contributed by atoms with Gasteiger partial charge in [-0.05, 0) is 43.9 Å².